The summed E-state index contributed by atoms with van der Waals surface area (Å²) in [5.74, 6) is 1.27. The zero-order valence-corrected chi connectivity index (χ0v) is 22.7. The maximum Gasteiger partial charge on any atom is 0.341 e. The van der Waals surface area contributed by atoms with E-state index in [2.05, 4.69) is 53.6 Å². The minimum atomic E-state index is -0.351. The number of thioether (sulfide) groups is 2. The van der Waals surface area contributed by atoms with Crippen LogP contribution in [-0.4, -0.2) is 39.0 Å². The third kappa shape index (κ3) is 6.29. The average Bonchev–Trinajstić information content (AvgIpc) is 3.42. The summed E-state index contributed by atoms with van der Waals surface area (Å²) >= 11 is 4.58. The molecule has 1 aliphatic rings. The smallest absolute Gasteiger partial charge is 0.341 e. The van der Waals surface area contributed by atoms with Crippen LogP contribution in [0.5, 0.6) is 0 Å². The van der Waals surface area contributed by atoms with Crippen molar-refractivity contribution in [2.75, 3.05) is 17.7 Å². The van der Waals surface area contributed by atoms with E-state index >= 15 is 0 Å². The van der Waals surface area contributed by atoms with Crippen molar-refractivity contribution < 1.29 is 14.3 Å². The van der Waals surface area contributed by atoms with Gasteiger partial charge in [0.2, 0.25) is 5.91 Å². The standard InChI is InChI=1S/C25H30N4O3S3/c1-4-29-20(14-33-17-12-10-16(3)11-13-17)27-28-25(29)34-15-21(30)26-23-22(24(31)32-5-2)18-8-6-7-9-19(18)35-23/h10-13H,4-9,14-15H2,1-3H3,(H,26,30). The minimum absolute atomic E-state index is 0.166. The van der Waals surface area contributed by atoms with Gasteiger partial charge in [-0.15, -0.1) is 33.3 Å². The van der Waals surface area contributed by atoms with Gasteiger partial charge in [-0.25, -0.2) is 4.79 Å². The SMILES string of the molecule is CCOC(=O)c1c(NC(=O)CSc2nnc(CSc3ccc(C)cc3)n2CC)sc2c1CCCC2. The van der Waals surface area contributed by atoms with E-state index in [1.54, 1.807) is 18.7 Å². The Morgan fingerprint density at radius 2 is 1.89 bits per heavy atom. The van der Waals surface area contributed by atoms with Crippen LogP contribution in [0.25, 0.3) is 0 Å². The highest BCUT2D eigenvalue weighted by Crippen LogP contribution is 2.38. The van der Waals surface area contributed by atoms with Crippen LogP contribution in [0, 0.1) is 6.92 Å². The third-order valence-corrected chi connectivity index (χ3v) is 8.92. The van der Waals surface area contributed by atoms with Crippen LogP contribution >= 0.6 is 34.9 Å². The molecule has 7 nitrogen and oxygen atoms in total. The summed E-state index contributed by atoms with van der Waals surface area (Å²) in [5.41, 5.74) is 2.82. The third-order valence-electron chi connectivity index (χ3n) is 5.73. The zero-order valence-electron chi connectivity index (χ0n) is 20.3. The van der Waals surface area contributed by atoms with Gasteiger partial charge in [-0.1, -0.05) is 29.5 Å². The quantitative estimate of drug-likeness (QED) is 0.264. The van der Waals surface area contributed by atoms with Gasteiger partial charge >= 0.3 is 5.97 Å². The van der Waals surface area contributed by atoms with E-state index in [9.17, 15) is 9.59 Å². The van der Waals surface area contributed by atoms with Crippen LogP contribution in [0.3, 0.4) is 0 Å². The molecule has 0 aliphatic heterocycles. The molecule has 0 saturated heterocycles. The number of amides is 1. The number of nitrogens with zero attached hydrogens (tertiary/aromatic N) is 3. The summed E-state index contributed by atoms with van der Waals surface area (Å²) in [6, 6.07) is 8.42. The van der Waals surface area contributed by atoms with Gasteiger partial charge in [0.15, 0.2) is 5.16 Å². The van der Waals surface area contributed by atoms with E-state index in [0.717, 1.165) is 48.8 Å². The van der Waals surface area contributed by atoms with Gasteiger partial charge in [0, 0.05) is 16.3 Å². The molecule has 10 heteroatoms. The molecular weight excluding hydrogens is 501 g/mol. The van der Waals surface area contributed by atoms with Crippen molar-refractivity contribution in [3.05, 3.63) is 51.7 Å². The summed E-state index contributed by atoms with van der Waals surface area (Å²) in [6.45, 7) is 6.96. The number of carbonyl (C=O) groups is 2. The lowest BCUT2D eigenvalue weighted by Crippen LogP contribution is -2.17. The number of benzene rings is 1. The molecule has 1 aliphatic carbocycles. The molecule has 0 fully saturated rings. The lowest BCUT2D eigenvalue weighted by atomic mass is 9.95. The Bertz CT molecular complexity index is 1190. The number of aromatic nitrogens is 3. The molecule has 1 aromatic carbocycles. The second-order valence-electron chi connectivity index (χ2n) is 8.22. The molecule has 0 radical (unpaired) electrons. The molecule has 3 aromatic rings. The molecule has 0 spiro atoms. The van der Waals surface area contributed by atoms with Gasteiger partial charge in [0.1, 0.15) is 10.8 Å². The Morgan fingerprint density at radius 3 is 2.63 bits per heavy atom. The number of thiophene rings is 1. The number of aryl methyl sites for hydroxylation is 2. The van der Waals surface area contributed by atoms with Crippen molar-refractivity contribution >= 4 is 51.7 Å². The average molecular weight is 531 g/mol. The Hall–Kier alpha value is -2.30. The number of anilines is 1. The number of carbonyl (C=O) groups excluding carboxylic acids is 2. The zero-order chi connectivity index (χ0) is 24.8. The monoisotopic (exact) mass is 530 g/mol. The second-order valence-corrected chi connectivity index (χ2v) is 11.3. The van der Waals surface area contributed by atoms with Gasteiger partial charge in [-0.05, 0) is 64.2 Å². The first kappa shape index (κ1) is 25.8. The molecular formula is C25H30N4O3S3. The predicted molar refractivity (Wildman–Crippen MR) is 143 cm³/mol. The number of ether oxygens (including phenoxy) is 1. The molecule has 2 heterocycles. The van der Waals surface area contributed by atoms with Crippen molar-refractivity contribution in [1.29, 1.82) is 0 Å². The molecule has 4 rings (SSSR count). The van der Waals surface area contributed by atoms with E-state index in [0.29, 0.717) is 22.9 Å². The molecule has 2 aromatic heterocycles. The summed E-state index contributed by atoms with van der Waals surface area (Å²) < 4.78 is 7.33. The fraction of sp³-hybridized carbons (Fsp3) is 0.440. The number of rotatable bonds is 10. The largest absolute Gasteiger partial charge is 0.462 e. The highest BCUT2D eigenvalue weighted by atomic mass is 32.2. The number of hydrogen-bond acceptors (Lipinski definition) is 8. The Kier molecular flexibility index (Phi) is 8.91. The topological polar surface area (TPSA) is 86.1 Å². The van der Waals surface area contributed by atoms with Gasteiger partial charge in [-0.2, -0.15) is 0 Å². The van der Waals surface area contributed by atoms with Gasteiger partial charge < -0.3 is 14.6 Å². The number of fused-ring (bicyclic) bond motifs is 1. The van der Waals surface area contributed by atoms with Gasteiger partial charge in [-0.3, -0.25) is 4.79 Å². The first-order valence-electron chi connectivity index (χ1n) is 11.9. The summed E-state index contributed by atoms with van der Waals surface area (Å²) in [5, 5.41) is 13.0. The maximum atomic E-state index is 12.8. The number of esters is 1. The van der Waals surface area contributed by atoms with Crippen LogP contribution < -0.4 is 5.32 Å². The van der Waals surface area contributed by atoms with Crippen LogP contribution in [0.4, 0.5) is 5.00 Å². The van der Waals surface area contributed by atoms with E-state index in [1.807, 2.05) is 4.57 Å². The van der Waals surface area contributed by atoms with E-state index in [1.165, 1.54) is 38.4 Å². The molecule has 35 heavy (non-hydrogen) atoms. The van der Waals surface area contributed by atoms with Gasteiger partial charge in [0.05, 0.1) is 23.7 Å². The molecule has 0 unspecified atom stereocenters. The molecule has 1 N–H and O–H groups in total. The Morgan fingerprint density at radius 1 is 1.11 bits per heavy atom. The fourth-order valence-electron chi connectivity index (χ4n) is 4.00. The summed E-state index contributed by atoms with van der Waals surface area (Å²) in [4.78, 5) is 27.8. The lowest BCUT2D eigenvalue weighted by molar-refractivity contribution is -0.113. The van der Waals surface area contributed by atoms with Crippen molar-refractivity contribution in [2.45, 2.75) is 68.8 Å². The number of hydrogen-bond donors (Lipinski definition) is 1. The summed E-state index contributed by atoms with van der Waals surface area (Å²) in [6.07, 6.45) is 3.96. The van der Waals surface area contributed by atoms with Crippen molar-refractivity contribution in [3.63, 3.8) is 0 Å². The second kappa shape index (κ2) is 12.1. The van der Waals surface area contributed by atoms with Crippen molar-refractivity contribution in [3.8, 4) is 0 Å². The van der Waals surface area contributed by atoms with E-state index in [-0.39, 0.29) is 17.6 Å². The summed E-state index contributed by atoms with van der Waals surface area (Å²) in [7, 11) is 0. The number of nitrogens with one attached hydrogen (secondary N) is 1. The van der Waals surface area contributed by atoms with Crippen molar-refractivity contribution in [2.24, 2.45) is 0 Å². The highest BCUT2D eigenvalue weighted by Gasteiger charge is 2.27. The van der Waals surface area contributed by atoms with Crippen LogP contribution in [0.15, 0.2) is 34.3 Å². The van der Waals surface area contributed by atoms with Crippen LogP contribution in [-0.2, 0) is 34.7 Å². The lowest BCUT2D eigenvalue weighted by Gasteiger charge is -2.12. The van der Waals surface area contributed by atoms with Crippen molar-refractivity contribution in [1.82, 2.24) is 14.8 Å². The van der Waals surface area contributed by atoms with Gasteiger partial charge in [0.25, 0.3) is 0 Å². The Balaban J connectivity index is 1.39. The molecule has 1 amide bonds. The first-order valence-corrected chi connectivity index (χ1v) is 14.6. The molecule has 0 saturated carbocycles. The highest BCUT2D eigenvalue weighted by molar-refractivity contribution is 7.99. The normalized spacial score (nSPS) is 12.9. The van der Waals surface area contributed by atoms with E-state index < -0.39 is 0 Å². The molecule has 0 bridgehead atoms. The van der Waals surface area contributed by atoms with Crippen LogP contribution in [0.2, 0.25) is 0 Å². The van der Waals surface area contributed by atoms with E-state index in [4.69, 9.17) is 4.74 Å². The maximum absolute atomic E-state index is 12.8. The predicted octanol–water partition coefficient (Wildman–Crippen LogP) is 5.75. The molecule has 0 atom stereocenters. The fourth-order valence-corrected chi connectivity index (χ4v) is 6.95. The first-order chi connectivity index (χ1) is 17.0. The molecule has 186 valence electrons. The Labute approximate surface area is 218 Å². The van der Waals surface area contributed by atoms with Crippen LogP contribution in [0.1, 0.15) is 58.9 Å². The minimum Gasteiger partial charge on any atom is -0.462 e.